The Morgan fingerprint density at radius 3 is 1.35 bits per heavy atom. The number of nitrogens with one attached hydrogen (secondary N) is 1. The molecular weight excluding hydrogens is 783 g/mol. The van der Waals surface area contributed by atoms with Crippen molar-refractivity contribution in [2.24, 2.45) is 0 Å². The second-order valence-electron chi connectivity index (χ2n) is 18.5. The lowest BCUT2D eigenvalue weighted by Crippen LogP contribution is -2.60. The Hall–Kier alpha value is -1.37. The van der Waals surface area contributed by atoms with Crippen molar-refractivity contribution in [3.05, 3.63) is 24.3 Å². The van der Waals surface area contributed by atoms with Gasteiger partial charge in [0.1, 0.15) is 30.5 Å². The Labute approximate surface area is 380 Å². The highest BCUT2D eigenvalue weighted by Crippen LogP contribution is 2.23. The maximum atomic E-state index is 13.1. The summed E-state index contributed by atoms with van der Waals surface area (Å²) in [6.45, 7) is 3.63. The van der Waals surface area contributed by atoms with Gasteiger partial charge in [0.25, 0.3) is 0 Å². The van der Waals surface area contributed by atoms with E-state index in [1.807, 2.05) is 6.08 Å². The molecule has 10 nitrogen and oxygen atoms in total. The molecule has 0 aliphatic carbocycles. The Balaban J connectivity index is 2.35. The fourth-order valence-corrected chi connectivity index (χ4v) is 8.33. The molecule has 1 saturated heterocycles. The van der Waals surface area contributed by atoms with E-state index in [0.29, 0.717) is 12.8 Å². The van der Waals surface area contributed by atoms with Gasteiger partial charge in [-0.25, -0.2) is 0 Å². The predicted molar refractivity (Wildman–Crippen MR) is 255 cm³/mol. The molecule has 0 aromatic carbocycles. The van der Waals surface area contributed by atoms with Crippen LogP contribution in [0.25, 0.3) is 0 Å². The molecule has 1 aliphatic rings. The summed E-state index contributed by atoms with van der Waals surface area (Å²) < 4.78 is 11.2. The number of amides is 1. The molecule has 366 valence electrons. The third-order valence-electron chi connectivity index (χ3n) is 12.6. The lowest BCUT2D eigenvalue weighted by molar-refractivity contribution is -0.302. The molecular formula is C52H99NO9. The minimum absolute atomic E-state index is 0.305. The second kappa shape index (κ2) is 42.3. The first-order chi connectivity index (χ1) is 30.3. The van der Waals surface area contributed by atoms with Crippen LogP contribution in [0.4, 0.5) is 0 Å². The van der Waals surface area contributed by atoms with Crippen LogP contribution in [0.3, 0.4) is 0 Å². The molecule has 1 amide bonds. The Morgan fingerprint density at radius 2 is 0.935 bits per heavy atom. The highest BCUT2D eigenvalue weighted by Gasteiger charge is 2.44. The van der Waals surface area contributed by atoms with Crippen LogP contribution >= 0.6 is 0 Å². The number of rotatable bonds is 44. The quantitative estimate of drug-likeness (QED) is 0.0233. The number of carbonyl (C=O) groups is 1. The van der Waals surface area contributed by atoms with Crippen LogP contribution in [0.15, 0.2) is 24.3 Å². The van der Waals surface area contributed by atoms with Crippen molar-refractivity contribution in [2.75, 3.05) is 13.2 Å². The summed E-state index contributed by atoms with van der Waals surface area (Å²) in [5.74, 6) is -0.619. The van der Waals surface area contributed by atoms with E-state index < -0.39 is 61.5 Å². The predicted octanol–water partition coefficient (Wildman–Crippen LogP) is 10.8. The van der Waals surface area contributed by atoms with Crippen LogP contribution in [-0.2, 0) is 14.3 Å². The van der Waals surface area contributed by atoms with Gasteiger partial charge in [-0.15, -0.1) is 0 Å². The van der Waals surface area contributed by atoms with Gasteiger partial charge in [-0.05, 0) is 44.9 Å². The standard InChI is InChI=1S/C52H99NO9/c1-3-5-7-9-11-13-15-17-19-21-22-23-25-27-29-31-33-35-37-39-41-46(56)51(60)53-44(43-61-52-50(59)49(58)48(57)47(42-54)62-52)45(55)40-38-36-34-32-30-28-26-24-20-18-16-14-12-10-8-6-4-2/h23,25,38,40,44-50,52,54-59H,3-22,24,26-37,39,41-43H2,1-2H3,(H,53,60)/b25-23-,40-38+. The first-order valence-electron chi connectivity index (χ1n) is 26.2. The zero-order valence-electron chi connectivity index (χ0n) is 40.0. The van der Waals surface area contributed by atoms with E-state index in [1.165, 1.54) is 167 Å². The minimum atomic E-state index is -1.61. The van der Waals surface area contributed by atoms with Crippen molar-refractivity contribution in [3.8, 4) is 0 Å². The second-order valence-corrected chi connectivity index (χ2v) is 18.5. The number of carbonyl (C=O) groups excluding carboxylic acids is 1. The largest absolute Gasteiger partial charge is 0.394 e. The molecule has 0 spiro atoms. The molecule has 0 aromatic rings. The zero-order valence-corrected chi connectivity index (χ0v) is 40.0. The number of ether oxygens (including phenoxy) is 2. The molecule has 8 unspecified atom stereocenters. The third kappa shape index (κ3) is 31.5. The van der Waals surface area contributed by atoms with E-state index in [0.717, 1.165) is 44.9 Å². The van der Waals surface area contributed by atoms with Crippen molar-refractivity contribution in [2.45, 2.75) is 288 Å². The van der Waals surface area contributed by atoms with Gasteiger partial charge < -0.3 is 45.4 Å². The Morgan fingerprint density at radius 1 is 0.548 bits per heavy atom. The number of hydrogen-bond donors (Lipinski definition) is 7. The highest BCUT2D eigenvalue weighted by atomic mass is 16.7. The lowest BCUT2D eigenvalue weighted by atomic mass is 9.99. The smallest absolute Gasteiger partial charge is 0.249 e. The summed E-state index contributed by atoms with van der Waals surface area (Å²) in [4.78, 5) is 13.1. The minimum Gasteiger partial charge on any atom is -0.394 e. The maximum absolute atomic E-state index is 13.1. The van der Waals surface area contributed by atoms with E-state index in [-0.39, 0.29) is 6.61 Å². The van der Waals surface area contributed by atoms with Gasteiger partial charge in [0, 0.05) is 0 Å². The van der Waals surface area contributed by atoms with Crippen LogP contribution in [0, 0.1) is 0 Å². The van der Waals surface area contributed by atoms with Gasteiger partial charge in [0.05, 0.1) is 25.4 Å². The van der Waals surface area contributed by atoms with E-state index >= 15 is 0 Å². The number of aliphatic hydroxyl groups is 6. The molecule has 10 heteroatoms. The first kappa shape index (κ1) is 58.6. The molecule has 1 aliphatic heterocycles. The summed E-state index contributed by atoms with van der Waals surface area (Å²) in [5, 5.41) is 64.9. The summed E-state index contributed by atoms with van der Waals surface area (Å²) in [6, 6.07) is -0.981. The van der Waals surface area contributed by atoms with Gasteiger partial charge in [-0.1, -0.05) is 218 Å². The van der Waals surface area contributed by atoms with Gasteiger partial charge in [0.15, 0.2) is 6.29 Å². The molecule has 1 rings (SSSR count). The van der Waals surface area contributed by atoms with Crippen LogP contribution in [0.5, 0.6) is 0 Å². The molecule has 0 aromatic heterocycles. The average Bonchev–Trinajstić information content (AvgIpc) is 3.27. The number of aliphatic hydroxyl groups excluding tert-OH is 6. The summed E-state index contributed by atoms with van der Waals surface area (Å²) in [5.41, 5.74) is 0. The van der Waals surface area contributed by atoms with Crippen LogP contribution in [-0.4, -0.2) is 98.7 Å². The molecule has 62 heavy (non-hydrogen) atoms. The van der Waals surface area contributed by atoms with E-state index in [2.05, 4.69) is 31.3 Å². The third-order valence-corrected chi connectivity index (χ3v) is 12.6. The molecule has 7 N–H and O–H groups in total. The Bertz CT molecular complexity index is 1040. The van der Waals surface area contributed by atoms with Crippen LogP contribution in [0.2, 0.25) is 0 Å². The fourth-order valence-electron chi connectivity index (χ4n) is 8.33. The summed E-state index contributed by atoms with van der Waals surface area (Å²) in [7, 11) is 0. The highest BCUT2D eigenvalue weighted by molar-refractivity contribution is 5.80. The van der Waals surface area contributed by atoms with Gasteiger partial charge in [0.2, 0.25) is 5.91 Å². The lowest BCUT2D eigenvalue weighted by Gasteiger charge is -2.40. The van der Waals surface area contributed by atoms with E-state index in [1.54, 1.807) is 6.08 Å². The number of allylic oxidation sites excluding steroid dienone is 3. The summed E-state index contributed by atoms with van der Waals surface area (Å²) >= 11 is 0. The van der Waals surface area contributed by atoms with Crippen LogP contribution in [0.1, 0.15) is 239 Å². The molecule has 8 atom stereocenters. The fraction of sp³-hybridized carbons (Fsp3) is 0.904. The SMILES string of the molecule is CCCCCCCCCCCC/C=C\CCCCCCCCC(O)C(=O)NC(COC1OC(CO)C(O)C(O)C1O)C(O)/C=C/CCCCCCCCCCCCCCCCC. The maximum Gasteiger partial charge on any atom is 0.249 e. The zero-order chi connectivity index (χ0) is 45.3. The number of unbranched alkanes of at least 4 members (excludes halogenated alkanes) is 31. The Kier molecular flexibility index (Phi) is 40.0. The van der Waals surface area contributed by atoms with Crippen LogP contribution < -0.4 is 5.32 Å². The van der Waals surface area contributed by atoms with Crippen molar-refractivity contribution in [1.82, 2.24) is 5.32 Å². The summed E-state index contributed by atoms with van der Waals surface area (Å²) in [6.07, 6.45) is 41.2. The molecule has 0 saturated carbocycles. The average molecular weight is 882 g/mol. The molecule has 0 bridgehead atoms. The van der Waals surface area contributed by atoms with Gasteiger partial charge in [-0.2, -0.15) is 0 Å². The van der Waals surface area contributed by atoms with Crippen molar-refractivity contribution in [1.29, 1.82) is 0 Å². The van der Waals surface area contributed by atoms with E-state index in [9.17, 15) is 35.4 Å². The first-order valence-corrected chi connectivity index (χ1v) is 26.2. The topological polar surface area (TPSA) is 169 Å². The van der Waals surface area contributed by atoms with Crippen molar-refractivity contribution in [3.63, 3.8) is 0 Å². The molecule has 0 radical (unpaired) electrons. The normalized spacial score (nSPS) is 20.9. The number of hydrogen-bond acceptors (Lipinski definition) is 9. The van der Waals surface area contributed by atoms with Gasteiger partial charge in [-0.3, -0.25) is 4.79 Å². The van der Waals surface area contributed by atoms with Gasteiger partial charge >= 0.3 is 0 Å². The van der Waals surface area contributed by atoms with Crippen molar-refractivity contribution >= 4 is 5.91 Å². The molecule has 1 fully saturated rings. The monoisotopic (exact) mass is 882 g/mol. The van der Waals surface area contributed by atoms with E-state index in [4.69, 9.17) is 9.47 Å². The van der Waals surface area contributed by atoms with Crippen molar-refractivity contribution < 1.29 is 44.9 Å². The molecule has 1 heterocycles.